The molecular formula is C14H26N2S. The molecule has 0 radical (unpaired) electrons. The maximum atomic E-state index is 6.18. The lowest BCUT2D eigenvalue weighted by molar-refractivity contribution is 0.195. The molecule has 0 fully saturated rings. The number of hydrogen-bond acceptors (Lipinski definition) is 3. The summed E-state index contributed by atoms with van der Waals surface area (Å²) in [5.74, 6) is 0. The first-order valence-corrected chi connectivity index (χ1v) is 7.15. The summed E-state index contributed by atoms with van der Waals surface area (Å²) in [5.41, 5.74) is 6.11. The highest BCUT2D eigenvalue weighted by atomic mass is 32.1. The van der Waals surface area contributed by atoms with Gasteiger partial charge in [0.05, 0.1) is 0 Å². The third-order valence-electron chi connectivity index (χ3n) is 3.68. The Morgan fingerprint density at radius 3 is 2.24 bits per heavy atom. The molecule has 0 saturated heterocycles. The Bertz CT molecular complexity index is 347. The van der Waals surface area contributed by atoms with Crippen LogP contribution in [-0.2, 0) is 13.0 Å². The van der Waals surface area contributed by atoms with Gasteiger partial charge in [0.15, 0.2) is 0 Å². The van der Waals surface area contributed by atoms with E-state index in [-0.39, 0.29) is 11.0 Å². The maximum Gasteiger partial charge on any atom is 0.0300 e. The molecule has 3 N–H and O–H groups in total. The number of aryl methyl sites for hydroxylation is 1. The van der Waals surface area contributed by atoms with Gasteiger partial charge in [0.25, 0.3) is 0 Å². The van der Waals surface area contributed by atoms with Gasteiger partial charge in [-0.15, -0.1) is 11.3 Å². The van der Waals surface area contributed by atoms with E-state index in [0.29, 0.717) is 0 Å². The average molecular weight is 254 g/mol. The van der Waals surface area contributed by atoms with Crippen molar-refractivity contribution in [1.29, 1.82) is 0 Å². The van der Waals surface area contributed by atoms with E-state index in [1.165, 1.54) is 9.75 Å². The van der Waals surface area contributed by atoms with Crippen LogP contribution in [0.4, 0.5) is 0 Å². The third-order valence-corrected chi connectivity index (χ3v) is 4.91. The second kappa shape index (κ2) is 5.51. The van der Waals surface area contributed by atoms with Crippen LogP contribution in [0.25, 0.3) is 0 Å². The van der Waals surface area contributed by atoms with Gasteiger partial charge in [0.2, 0.25) is 0 Å². The number of nitrogens with two attached hydrogens (primary N) is 1. The molecule has 3 heteroatoms. The van der Waals surface area contributed by atoms with Crippen LogP contribution in [0.5, 0.6) is 0 Å². The van der Waals surface area contributed by atoms with Crippen molar-refractivity contribution >= 4 is 11.3 Å². The van der Waals surface area contributed by atoms with Crippen molar-refractivity contribution in [3.63, 3.8) is 0 Å². The summed E-state index contributed by atoms with van der Waals surface area (Å²) in [6.07, 6.45) is 1.13. The molecule has 0 saturated carbocycles. The highest BCUT2D eigenvalue weighted by Gasteiger charge is 2.32. The van der Waals surface area contributed by atoms with Gasteiger partial charge >= 0.3 is 0 Å². The Kier molecular flexibility index (Phi) is 4.76. The maximum absolute atomic E-state index is 6.18. The van der Waals surface area contributed by atoms with Crippen LogP contribution in [0.3, 0.4) is 0 Å². The van der Waals surface area contributed by atoms with E-state index in [0.717, 1.165) is 19.5 Å². The Morgan fingerprint density at radius 2 is 1.76 bits per heavy atom. The number of thiophene rings is 1. The summed E-state index contributed by atoms with van der Waals surface area (Å²) in [6, 6.07) is 4.44. The molecule has 1 aromatic heterocycles. The van der Waals surface area contributed by atoms with Gasteiger partial charge in [-0.25, -0.2) is 0 Å². The summed E-state index contributed by atoms with van der Waals surface area (Å²) >= 11 is 1.90. The third kappa shape index (κ3) is 4.09. The molecule has 98 valence electrons. The van der Waals surface area contributed by atoms with Gasteiger partial charge in [-0.05, 0) is 37.8 Å². The first-order chi connectivity index (χ1) is 7.76. The summed E-state index contributed by atoms with van der Waals surface area (Å²) in [5, 5.41) is 3.52. The summed E-state index contributed by atoms with van der Waals surface area (Å²) in [4.78, 5) is 2.87. The molecule has 1 rings (SSSR count). The minimum Gasteiger partial charge on any atom is -0.325 e. The van der Waals surface area contributed by atoms with Gasteiger partial charge in [0, 0.05) is 28.4 Å². The molecule has 0 bridgehead atoms. The SMILES string of the molecule is CCc1ccc(CNCC(C)(C)C(C)(C)N)s1. The van der Waals surface area contributed by atoms with Crippen molar-refractivity contribution in [3.05, 3.63) is 21.9 Å². The van der Waals surface area contributed by atoms with Crippen LogP contribution < -0.4 is 11.1 Å². The summed E-state index contributed by atoms with van der Waals surface area (Å²) in [6.45, 7) is 12.7. The molecule has 0 aliphatic rings. The van der Waals surface area contributed by atoms with Crippen molar-refractivity contribution in [3.8, 4) is 0 Å². The molecule has 1 aromatic rings. The lowest BCUT2D eigenvalue weighted by Gasteiger charge is -2.38. The zero-order chi connectivity index (χ0) is 13.1. The number of hydrogen-bond donors (Lipinski definition) is 2. The molecule has 1 heterocycles. The molecule has 0 aromatic carbocycles. The molecule has 0 spiro atoms. The van der Waals surface area contributed by atoms with Crippen molar-refractivity contribution in [2.75, 3.05) is 6.54 Å². The Morgan fingerprint density at radius 1 is 1.18 bits per heavy atom. The quantitative estimate of drug-likeness (QED) is 0.818. The standard InChI is InChI=1S/C14H26N2S/c1-6-11-7-8-12(17-11)9-16-10-13(2,3)14(4,5)15/h7-8,16H,6,9-10,15H2,1-5H3. The zero-order valence-electron chi connectivity index (χ0n) is 11.8. The second-order valence-electron chi connectivity index (χ2n) is 5.93. The van der Waals surface area contributed by atoms with Gasteiger partial charge in [-0.1, -0.05) is 20.8 Å². The monoisotopic (exact) mass is 254 g/mol. The van der Waals surface area contributed by atoms with Gasteiger partial charge in [-0.3, -0.25) is 0 Å². The second-order valence-corrected chi connectivity index (χ2v) is 7.18. The van der Waals surface area contributed by atoms with Crippen LogP contribution in [0.2, 0.25) is 0 Å². The summed E-state index contributed by atoms with van der Waals surface area (Å²) < 4.78 is 0. The highest BCUT2D eigenvalue weighted by molar-refractivity contribution is 7.11. The minimum absolute atomic E-state index is 0.0951. The molecule has 2 nitrogen and oxygen atoms in total. The largest absolute Gasteiger partial charge is 0.325 e. The topological polar surface area (TPSA) is 38.0 Å². The van der Waals surface area contributed by atoms with Crippen LogP contribution in [0, 0.1) is 5.41 Å². The van der Waals surface area contributed by atoms with E-state index in [9.17, 15) is 0 Å². The first kappa shape index (κ1) is 14.7. The van der Waals surface area contributed by atoms with E-state index in [1.54, 1.807) is 0 Å². The molecular weight excluding hydrogens is 228 g/mol. The fourth-order valence-electron chi connectivity index (χ4n) is 1.43. The Hall–Kier alpha value is -0.380. The smallest absolute Gasteiger partial charge is 0.0300 e. The highest BCUT2D eigenvalue weighted by Crippen LogP contribution is 2.27. The van der Waals surface area contributed by atoms with Crippen LogP contribution >= 0.6 is 11.3 Å². The number of nitrogens with one attached hydrogen (secondary N) is 1. The normalized spacial score (nSPS) is 13.1. The van der Waals surface area contributed by atoms with E-state index in [2.05, 4.69) is 52.1 Å². The van der Waals surface area contributed by atoms with E-state index >= 15 is 0 Å². The fourth-order valence-corrected chi connectivity index (χ4v) is 2.36. The van der Waals surface area contributed by atoms with Crippen molar-refractivity contribution in [1.82, 2.24) is 5.32 Å². The van der Waals surface area contributed by atoms with Crippen LogP contribution in [-0.4, -0.2) is 12.1 Å². The van der Waals surface area contributed by atoms with Crippen LogP contribution in [0.1, 0.15) is 44.4 Å². The van der Waals surface area contributed by atoms with E-state index < -0.39 is 0 Å². The molecule has 0 unspecified atom stereocenters. The molecule has 0 atom stereocenters. The van der Waals surface area contributed by atoms with E-state index in [4.69, 9.17) is 5.73 Å². The molecule has 0 aliphatic carbocycles. The minimum atomic E-state index is -0.163. The first-order valence-electron chi connectivity index (χ1n) is 6.33. The Labute approximate surface area is 110 Å². The van der Waals surface area contributed by atoms with E-state index in [1.807, 2.05) is 11.3 Å². The predicted molar refractivity (Wildman–Crippen MR) is 77.5 cm³/mol. The van der Waals surface area contributed by atoms with Crippen molar-refractivity contribution in [2.45, 2.75) is 53.1 Å². The zero-order valence-corrected chi connectivity index (χ0v) is 12.6. The Balaban J connectivity index is 2.42. The van der Waals surface area contributed by atoms with Crippen LogP contribution in [0.15, 0.2) is 12.1 Å². The average Bonchev–Trinajstić information content (AvgIpc) is 2.63. The van der Waals surface area contributed by atoms with Gasteiger partial charge < -0.3 is 11.1 Å². The number of rotatable bonds is 6. The predicted octanol–water partition coefficient (Wildman–Crippen LogP) is 3.16. The van der Waals surface area contributed by atoms with Gasteiger partial charge in [-0.2, -0.15) is 0 Å². The summed E-state index contributed by atoms with van der Waals surface area (Å²) in [7, 11) is 0. The lowest BCUT2D eigenvalue weighted by Crippen LogP contribution is -2.52. The molecule has 0 amide bonds. The fraction of sp³-hybridized carbons (Fsp3) is 0.714. The molecule has 17 heavy (non-hydrogen) atoms. The lowest BCUT2D eigenvalue weighted by atomic mass is 9.75. The van der Waals surface area contributed by atoms with Crippen molar-refractivity contribution in [2.24, 2.45) is 11.1 Å². The van der Waals surface area contributed by atoms with Gasteiger partial charge in [0.1, 0.15) is 0 Å². The molecule has 0 aliphatic heterocycles. The van der Waals surface area contributed by atoms with Crippen molar-refractivity contribution < 1.29 is 0 Å².